The van der Waals surface area contributed by atoms with E-state index in [0.717, 1.165) is 24.2 Å². The number of nitrogens with zero attached hydrogens (tertiary/aromatic N) is 4. The van der Waals surface area contributed by atoms with Gasteiger partial charge in [0.05, 0.1) is 23.9 Å². The maximum Gasteiger partial charge on any atom is 0.221 e. The highest BCUT2D eigenvalue weighted by molar-refractivity contribution is 5.35. The lowest BCUT2D eigenvalue weighted by molar-refractivity contribution is 0.229. The van der Waals surface area contributed by atoms with Crippen molar-refractivity contribution in [3.8, 4) is 11.9 Å². The van der Waals surface area contributed by atoms with E-state index in [1.165, 1.54) is 18.5 Å². The van der Waals surface area contributed by atoms with E-state index in [1.807, 2.05) is 13.0 Å². The zero-order chi connectivity index (χ0) is 16.2. The molecule has 2 aromatic rings. The first kappa shape index (κ1) is 15.4. The minimum absolute atomic E-state index is 0.288. The van der Waals surface area contributed by atoms with Gasteiger partial charge in [0.15, 0.2) is 0 Å². The minimum Gasteiger partial charge on any atom is -0.478 e. The van der Waals surface area contributed by atoms with Crippen LogP contribution in [-0.2, 0) is 19.5 Å². The van der Waals surface area contributed by atoms with Crippen LogP contribution >= 0.6 is 0 Å². The van der Waals surface area contributed by atoms with Crippen molar-refractivity contribution in [2.45, 2.75) is 26.4 Å². The van der Waals surface area contributed by atoms with Gasteiger partial charge in [0, 0.05) is 37.2 Å². The first-order valence-electron chi connectivity index (χ1n) is 7.57. The molecule has 0 radical (unpaired) electrons. The maximum atomic E-state index is 14.0. The number of hydrogen-bond donors (Lipinski definition) is 0. The molecule has 0 fully saturated rings. The van der Waals surface area contributed by atoms with Gasteiger partial charge in [-0.3, -0.25) is 4.90 Å². The molecular formula is C17H17FN4O. The van der Waals surface area contributed by atoms with E-state index in [-0.39, 0.29) is 5.82 Å². The van der Waals surface area contributed by atoms with Crippen LogP contribution in [0.5, 0.6) is 5.88 Å². The monoisotopic (exact) mass is 312 g/mol. The van der Waals surface area contributed by atoms with Crippen molar-refractivity contribution in [2.75, 3.05) is 13.2 Å². The summed E-state index contributed by atoms with van der Waals surface area (Å²) in [5.74, 6) is 0.317. The standard InChI is InChI=1S/C17H17FN4O/c1-2-23-17-14-10-22(6-5-16(14)20-11-21-17)9-13-7-12(8-19)3-4-15(13)18/h3-4,7,11H,2,5-6,9-10H2,1H3. The van der Waals surface area contributed by atoms with Crippen LogP contribution in [0.4, 0.5) is 4.39 Å². The molecule has 23 heavy (non-hydrogen) atoms. The van der Waals surface area contributed by atoms with Gasteiger partial charge >= 0.3 is 0 Å². The van der Waals surface area contributed by atoms with Gasteiger partial charge in [0.1, 0.15) is 12.1 Å². The molecule has 1 aromatic heterocycles. The number of aromatic nitrogens is 2. The summed E-state index contributed by atoms with van der Waals surface area (Å²) in [4.78, 5) is 10.6. The SMILES string of the molecule is CCOc1ncnc2c1CN(Cc1cc(C#N)ccc1F)CC2. The highest BCUT2D eigenvalue weighted by atomic mass is 19.1. The largest absolute Gasteiger partial charge is 0.478 e. The highest BCUT2D eigenvalue weighted by Gasteiger charge is 2.22. The molecule has 1 aromatic carbocycles. The number of hydrogen-bond acceptors (Lipinski definition) is 5. The zero-order valence-corrected chi connectivity index (χ0v) is 12.9. The van der Waals surface area contributed by atoms with Crippen LogP contribution < -0.4 is 4.74 Å². The molecule has 0 aliphatic carbocycles. The Bertz CT molecular complexity index is 757. The highest BCUT2D eigenvalue weighted by Crippen LogP contribution is 2.26. The lowest BCUT2D eigenvalue weighted by Crippen LogP contribution is -2.31. The molecule has 0 atom stereocenters. The maximum absolute atomic E-state index is 14.0. The second kappa shape index (κ2) is 6.71. The summed E-state index contributed by atoms with van der Waals surface area (Å²) in [5, 5.41) is 8.97. The molecule has 0 saturated heterocycles. The third kappa shape index (κ3) is 3.30. The van der Waals surface area contributed by atoms with E-state index in [2.05, 4.69) is 14.9 Å². The Hall–Kier alpha value is -2.52. The number of nitriles is 1. The van der Waals surface area contributed by atoms with E-state index in [0.29, 0.717) is 36.7 Å². The fourth-order valence-corrected chi connectivity index (χ4v) is 2.77. The zero-order valence-electron chi connectivity index (χ0n) is 12.9. The van der Waals surface area contributed by atoms with Gasteiger partial charge in [-0.1, -0.05) is 0 Å². The fourth-order valence-electron chi connectivity index (χ4n) is 2.77. The third-order valence-corrected chi connectivity index (χ3v) is 3.89. The van der Waals surface area contributed by atoms with Crippen LogP contribution in [-0.4, -0.2) is 28.0 Å². The van der Waals surface area contributed by atoms with Crippen molar-refractivity contribution in [3.63, 3.8) is 0 Å². The van der Waals surface area contributed by atoms with E-state index in [4.69, 9.17) is 10.00 Å². The topological polar surface area (TPSA) is 62.0 Å². The summed E-state index contributed by atoms with van der Waals surface area (Å²) in [6.07, 6.45) is 2.30. The van der Waals surface area contributed by atoms with Crippen LogP contribution in [0.2, 0.25) is 0 Å². The van der Waals surface area contributed by atoms with Gasteiger partial charge in [-0.05, 0) is 25.1 Å². The Labute approximate surface area is 134 Å². The summed E-state index contributed by atoms with van der Waals surface area (Å²) in [6, 6.07) is 6.49. The quantitative estimate of drug-likeness (QED) is 0.868. The van der Waals surface area contributed by atoms with Crippen LogP contribution in [0.1, 0.15) is 29.3 Å². The Kier molecular flexibility index (Phi) is 4.49. The number of fused-ring (bicyclic) bond motifs is 1. The van der Waals surface area contributed by atoms with Crippen molar-refractivity contribution in [2.24, 2.45) is 0 Å². The molecule has 0 unspecified atom stereocenters. The Balaban J connectivity index is 1.81. The molecule has 0 amide bonds. The van der Waals surface area contributed by atoms with Crippen molar-refractivity contribution in [3.05, 3.63) is 52.7 Å². The minimum atomic E-state index is -0.288. The molecule has 0 N–H and O–H groups in total. The number of benzene rings is 1. The molecular weight excluding hydrogens is 295 g/mol. The smallest absolute Gasteiger partial charge is 0.221 e. The molecule has 2 heterocycles. The summed E-state index contributed by atoms with van der Waals surface area (Å²) in [6.45, 7) is 4.30. The van der Waals surface area contributed by atoms with Crippen molar-refractivity contribution >= 4 is 0 Å². The third-order valence-electron chi connectivity index (χ3n) is 3.89. The van der Waals surface area contributed by atoms with Gasteiger partial charge < -0.3 is 4.74 Å². The van der Waals surface area contributed by atoms with Gasteiger partial charge in [0.25, 0.3) is 0 Å². The predicted molar refractivity (Wildman–Crippen MR) is 82.1 cm³/mol. The molecule has 0 bridgehead atoms. The molecule has 5 nitrogen and oxygen atoms in total. The second-order valence-corrected chi connectivity index (χ2v) is 5.42. The second-order valence-electron chi connectivity index (χ2n) is 5.42. The van der Waals surface area contributed by atoms with Crippen LogP contribution in [0.25, 0.3) is 0 Å². The van der Waals surface area contributed by atoms with Crippen LogP contribution in [0.15, 0.2) is 24.5 Å². The average Bonchev–Trinajstić information content (AvgIpc) is 2.57. The molecule has 118 valence electrons. The number of ether oxygens (including phenoxy) is 1. The van der Waals surface area contributed by atoms with E-state index < -0.39 is 0 Å². The molecule has 6 heteroatoms. The lowest BCUT2D eigenvalue weighted by Gasteiger charge is -2.28. The van der Waals surface area contributed by atoms with Crippen molar-refractivity contribution in [1.29, 1.82) is 5.26 Å². The first-order valence-corrected chi connectivity index (χ1v) is 7.57. The summed E-state index contributed by atoms with van der Waals surface area (Å²) in [5.41, 5.74) is 2.96. The van der Waals surface area contributed by atoms with Gasteiger partial charge in [0.2, 0.25) is 5.88 Å². The van der Waals surface area contributed by atoms with Crippen molar-refractivity contribution < 1.29 is 9.13 Å². The van der Waals surface area contributed by atoms with Gasteiger partial charge in [-0.15, -0.1) is 0 Å². The van der Waals surface area contributed by atoms with Crippen LogP contribution in [0, 0.1) is 17.1 Å². The molecule has 3 rings (SSSR count). The summed E-state index contributed by atoms with van der Waals surface area (Å²) in [7, 11) is 0. The predicted octanol–water partition coefficient (Wildman–Crippen LogP) is 2.44. The Morgan fingerprint density at radius 1 is 1.39 bits per heavy atom. The normalized spacial score (nSPS) is 14.1. The summed E-state index contributed by atoms with van der Waals surface area (Å²) >= 11 is 0. The first-order chi connectivity index (χ1) is 11.2. The average molecular weight is 312 g/mol. The molecule has 0 spiro atoms. The lowest BCUT2D eigenvalue weighted by atomic mass is 10.0. The molecule has 1 aliphatic rings. The van der Waals surface area contributed by atoms with E-state index in [9.17, 15) is 4.39 Å². The molecule has 0 saturated carbocycles. The van der Waals surface area contributed by atoms with Gasteiger partial charge in [-0.2, -0.15) is 5.26 Å². The summed E-state index contributed by atoms with van der Waals surface area (Å²) < 4.78 is 19.5. The molecule has 1 aliphatic heterocycles. The Morgan fingerprint density at radius 3 is 3.04 bits per heavy atom. The van der Waals surface area contributed by atoms with E-state index >= 15 is 0 Å². The van der Waals surface area contributed by atoms with E-state index in [1.54, 1.807) is 6.07 Å². The van der Waals surface area contributed by atoms with Crippen molar-refractivity contribution in [1.82, 2.24) is 14.9 Å². The number of rotatable bonds is 4. The number of halogens is 1. The van der Waals surface area contributed by atoms with Gasteiger partial charge in [-0.25, -0.2) is 14.4 Å². The van der Waals surface area contributed by atoms with Crippen LogP contribution in [0.3, 0.4) is 0 Å². The fraction of sp³-hybridized carbons (Fsp3) is 0.353. The Morgan fingerprint density at radius 2 is 2.26 bits per heavy atom.